The lowest BCUT2D eigenvalue weighted by atomic mass is 10.1. The quantitative estimate of drug-likeness (QED) is 0.787. The van der Waals surface area contributed by atoms with Crippen molar-refractivity contribution in [2.45, 2.75) is 13.0 Å². The Hall–Kier alpha value is -1.26. The standard InChI is InChI=1S/C15H14BrClFNO/c1-9(12-5-3-10(18)7-14(12)17)19-11-4-6-13(16)15(8-11)20-2/h3-9,19H,1-2H3. The van der Waals surface area contributed by atoms with Crippen LogP contribution in [0.15, 0.2) is 40.9 Å². The predicted octanol–water partition coefficient (Wildman–Crippen LogP) is 5.42. The maximum absolute atomic E-state index is 13.1. The number of hydrogen-bond acceptors (Lipinski definition) is 2. The van der Waals surface area contributed by atoms with E-state index in [4.69, 9.17) is 16.3 Å². The van der Waals surface area contributed by atoms with Crippen LogP contribution in [-0.4, -0.2) is 7.11 Å². The summed E-state index contributed by atoms with van der Waals surface area (Å²) in [7, 11) is 1.62. The van der Waals surface area contributed by atoms with Gasteiger partial charge in [-0.3, -0.25) is 0 Å². The van der Waals surface area contributed by atoms with Crippen LogP contribution < -0.4 is 10.1 Å². The molecule has 1 unspecified atom stereocenters. The lowest BCUT2D eigenvalue weighted by Gasteiger charge is -2.18. The summed E-state index contributed by atoms with van der Waals surface area (Å²) in [5.74, 6) is 0.406. The molecule has 1 N–H and O–H groups in total. The van der Waals surface area contributed by atoms with E-state index >= 15 is 0 Å². The number of rotatable bonds is 4. The second-order valence-corrected chi connectivity index (χ2v) is 5.64. The normalized spacial score (nSPS) is 12.1. The van der Waals surface area contributed by atoms with Crippen LogP contribution in [0, 0.1) is 5.82 Å². The van der Waals surface area contributed by atoms with Gasteiger partial charge in [0.1, 0.15) is 11.6 Å². The number of methoxy groups -OCH3 is 1. The minimum Gasteiger partial charge on any atom is -0.495 e. The van der Waals surface area contributed by atoms with Crippen LogP contribution >= 0.6 is 27.5 Å². The second-order valence-electron chi connectivity index (χ2n) is 4.38. The topological polar surface area (TPSA) is 21.3 Å². The zero-order valence-electron chi connectivity index (χ0n) is 11.1. The first kappa shape index (κ1) is 15.1. The Morgan fingerprint density at radius 2 is 2.00 bits per heavy atom. The van der Waals surface area contributed by atoms with E-state index in [2.05, 4.69) is 21.2 Å². The summed E-state index contributed by atoms with van der Waals surface area (Å²) in [6.45, 7) is 1.97. The number of halogens is 3. The summed E-state index contributed by atoms with van der Waals surface area (Å²) in [5.41, 5.74) is 1.74. The zero-order valence-corrected chi connectivity index (χ0v) is 13.4. The first-order chi connectivity index (χ1) is 9.51. The molecule has 0 radical (unpaired) electrons. The van der Waals surface area contributed by atoms with Crippen molar-refractivity contribution in [3.8, 4) is 5.75 Å². The Morgan fingerprint density at radius 1 is 1.25 bits per heavy atom. The molecule has 0 saturated heterocycles. The van der Waals surface area contributed by atoms with E-state index < -0.39 is 0 Å². The lowest BCUT2D eigenvalue weighted by molar-refractivity contribution is 0.412. The van der Waals surface area contributed by atoms with Gasteiger partial charge in [-0.2, -0.15) is 0 Å². The van der Waals surface area contributed by atoms with Gasteiger partial charge in [-0.15, -0.1) is 0 Å². The predicted molar refractivity (Wildman–Crippen MR) is 84.1 cm³/mol. The minimum absolute atomic E-state index is 0.0472. The minimum atomic E-state index is -0.337. The van der Waals surface area contributed by atoms with Crippen LogP contribution in [0.5, 0.6) is 5.75 Å². The smallest absolute Gasteiger partial charge is 0.135 e. The zero-order chi connectivity index (χ0) is 14.7. The average molecular weight is 359 g/mol. The van der Waals surface area contributed by atoms with Gasteiger partial charge in [0.2, 0.25) is 0 Å². The molecule has 2 rings (SSSR count). The highest BCUT2D eigenvalue weighted by Gasteiger charge is 2.11. The third kappa shape index (κ3) is 3.44. The monoisotopic (exact) mass is 357 g/mol. The average Bonchev–Trinajstić information content (AvgIpc) is 2.40. The Bertz CT molecular complexity index is 621. The van der Waals surface area contributed by atoms with E-state index in [1.165, 1.54) is 12.1 Å². The fraction of sp³-hybridized carbons (Fsp3) is 0.200. The molecule has 0 aliphatic carbocycles. The molecular weight excluding hydrogens is 345 g/mol. The fourth-order valence-corrected chi connectivity index (χ4v) is 2.67. The largest absolute Gasteiger partial charge is 0.495 e. The third-order valence-corrected chi connectivity index (χ3v) is 3.95. The molecule has 106 valence electrons. The van der Waals surface area contributed by atoms with E-state index in [0.29, 0.717) is 5.02 Å². The molecule has 0 aliphatic rings. The number of nitrogens with one attached hydrogen (secondary N) is 1. The molecule has 0 aromatic heterocycles. The van der Waals surface area contributed by atoms with Gasteiger partial charge in [-0.25, -0.2) is 4.39 Å². The lowest BCUT2D eigenvalue weighted by Crippen LogP contribution is -2.07. The van der Waals surface area contributed by atoms with Crippen LogP contribution in [0.4, 0.5) is 10.1 Å². The third-order valence-electron chi connectivity index (χ3n) is 2.96. The second kappa shape index (κ2) is 6.46. The van der Waals surface area contributed by atoms with Crippen molar-refractivity contribution in [3.63, 3.8) is 0 Å². The summed E-state index contributed by atoms with van der Waals surface area (Å²) in [6.07, 6.45) is 0. The van der Waals surface area contributed by atoms with Crippen LogP contribution in [0.25, 0.3) is 0 Å². The van der Waals surface area contributed by atoms with E-state index in [1.54, 1.807) is 13.2 Å². The van der Waals surface area contributed by atoms with Gasteiger partial charge in [0.25, 0.3) is 0 Å². The Labute approximate surface area is 131 Å². The van der Waals surface area contributed by atoms with Gasteiger partial charge in [0.15, 0.2) is 0 Å². The fourth-order valence-electron chi connectivity index (χ4n) is 1.93. The Morgan fingerprint density at radius 3 is 2.65 bits per heavy atom. The maximum Gasteiger partial charge on any atom is 0.135 e. The van der Waals surface area contributed by atoms with Crippen molar-refractivity contribution in [1.29, 1.82) is 0 Å². The van der Waals surface area contributed by atoms with Crippen molar-refractivity contribution in [2.24, 2.45) is 0 Å². The molecule has 0 heterocycles. The molecule has 0 fully saturated rings. The van der Waals surface area contributed by atoms with Crippen molar-refractivity contribution < 1.29 is 9.13 Å². The van der Waals surface area contributed by atoms with Crippen LogP contribution in [0.2, 0.25) is 5.02 Å². The van der Waals surface area contributed by atoms with Crippen molar-refractivity contribution in [2.75, 3.05) is 12.4 Å². The molecule has 1 atom stereocenters. The van der Waals surface area contributed by atoms with E-state index in [1.807, 2.05) is 25.1 Å². The summed E-state index contributed by atoms with van der Waals surface area (Å²) >= 11 is 9.47. The molecule has 0 aliphatic heterocycles. The molecule has 0 saturated carbocycles. The van der Waals surface area contributed by atoms with Crippen molar-refractivity contribution in [1.82, 2.24) is 0 Å². The van der Waals surface area contributed by atoms with Gasteiger partial charge >= 0.3 is 0 Å². The molecule has 0 spiro atoms. The molecule has 20 heavy (non-hydrogen) atoms. The molecular formula is C15H14BrClFNO. The molecule has 2 aromatic rings. The number of hydrogen-bond donors (Lipinski definition) is 1. The van der Waals surface area contributed by atoms with Gasteiger partial charge in [0.05, 0.1) is 11.6 Å². The molecule has 0 bridgehead atoms. The summed E-state index contributed by atoms with van der Waals surface area (Å²) < 4.78 is 19.2. The van der Waals surface area contributed by atoms with Gasteiger partial charge in [-0.05, 0) is 52.7 Å². The van der Waals surface area contributed by atoms with Gasteiger partial charge in [0, 0.05) is 22.8 Å². The number of benzene rings is 2. The number of anilines is 1. The van der Waals surface area contributed by atoms with E-state index in [0.717, 1.165) is 21.5 Å². The molecule has 2 aromatic carbocycles. The van der Waals surface area contributed by atoms with Crippen LogP contribution in [0.1, 0.15) is 18.5 Å². The molecule has 5 heteroatoms. The number of ether oxygens (including phenoxy) is 1. The van der Waals surface area contributed by atoms with Crippen LogP contribution in [0.3, 0.4) is 0 Å². The summed E-state index contributed by atoms with van der Waals surface area (Å²) in [6, 6.07) is 10.1. The molecule has 0 amide bonds. The van der Waals surface area contributed by atoms with Crippen LogP contribution in [-0.2, 0) is 0 Å². The molecule has 2 nitrogen and oxygen atoms in total. The first-order valence-electron chi connectivity index (χ1n) is 6.06. The van der Waals surface area contributed by atoms with Gasteiger partial charge < -0.3 is 10.1 Å². The van der Waals surface area contributed by atoms with E-state index in [-0.39, 0.29) is 11.9 Å². The SMILES string of the molecule is COc1cc(NC(C)c2ccc(F)cc2Cl)ccc1Br. The van der Waals surface area contributed by atoms with Gasteiger partial charge in [-0.1, -0.05) is 17.7 Å². The maximum atomic E-state index is 13.1. The van der Waals surface area contributed by atoms with Crippen molar-refractivity contribution in [3.05, 3.63) is 57.3 Å². The highest BCUT2D eigenvalue weighted by molar-refractivity contribution is 9.10. The Kier molecular flexibility index (Phi) is 4.89. The van der Waals surface area contributed by atoms with E-state index in [9.17, 15) is 4.39 Å². The summed E-state index contributed by atoms with van der Waals surface area (Å²) in [4.78, 5) is 0. The highest BCUT2D eigenvalue weighted by atomic mass is 79.9. The summed E-state index contributed by atoms with van der Waals surface area (Å²) in [5, 5.41) is 3.72. The highest BCUT2D eigenvalue weighted by Crippen LogP contribution is 2.31. The van der Waals surface area contributed by atoms with Crippen molar-refractivity contribution >= 4 is 33.2 Å². The Balaban J connectivity index is 2.21. The first-order valence-corrected chi connectivity index (χ1v) is 7.23.